The van der Waals surface area contributed by atoms with Crippen molar-refractivity contribution in [1.82, 2.24) is 24.9 Å². The lowest BCUT2D eigenvalue weighted by Crippen LogP contribution is -2.27. The van der Waals surface area contributed by atoms with E-state index in [1.807, 2.05) is 13.0 Å². The number of amides is 1. The van der Waals surface area contributed by atoms with Crippen LogP contribution in [0.5, 0.6) is 0 Å². The van der Waals surface area contributed by atoms with Gasteiger partial charge in [-0.3, -0.25) is 4.79 Å². The third-order valence-corrected chi connectivity index (χ3v) is 4.87. The minimum atomic E-state index is -4.65. The van der Waals surface area contributed by atoms with Gasteiger partial charge in [-0.1, -0.05) is 23.7 Å². The molecule has 1 atom stereocenters. The molecule has 0 saturated carbocycles. The molecule has 2 aromatic heterocycles. The highest BCUT2D eigenvalue weighted by molar-refractivity contribution is 6.30. The van der Waals surface area contributed by atoms with E-state index < -0.39 is 12.0 Å². The summed E-state index contributed by atoms with van der Waals surface area (Å²) in [5, 5.41) is 6.99. The maximum absolute atomic E-state index is 12.9. The Hall–Kier alpha value is -2.68. The molecule has 1 amide bonds. The molecule has 1 N–H and O–H groups in total. The van der Waals surface area contributed by atoms with Crippen molar-refractivity contribution in [1.29, 1.82) is 0 Å². The van der Waals surface area contributed by atoms with E-state index in [2.05, 4.69) is 20.4 Å². The number of hydrogen-bond acceptors (Lipinski definition) is 4. The van der Waals surface area contributed by atoms with Crippen LogP contribution in [0.4, 0.5) is 13.2 Å². The summed E-state index contributed by atoms with van der Waals surface area (Å²) in [6.07, 6.45) is -4.18. The molecule has 10 heteroatoms. The van der Waals surface area contributed by atoms with Crippen LogP contribution >= 0.6 is 11.6 Å². The number of benzene rings is 1. The topological polar surface area (TPSA) is 72.2 Å². The smallest absolute Gasteiger partial charge is 0.350 e. The molecule has 0 spiro atoms. The molecule has 3 rings (SSSR count). The normalized spacial score (nSPS) is 12.9. The fraction of sp³-hybridized carbons (Fsp3) is 0.368. The van der Waals surface area contributed by atoms with E-state index in [0.717, 1.165) is 10.1 Å². The Kier molecular flexibility index (Phi) is 5.79. The van der Waals surface area contributed by atoms with Gasteiger partial charge >= 0.3 is 6.18 Å². The van der Waals surface area contributed by atoms with Gasteiger partial charge in [0.15, 0.2) is 0 Å². The number of aromatic nitrogens is 4. The van der Waals surface area contributed by atoms with Crippen LogP contribution in [0.3, 0.4) is 0 Å². The van der Waals surface area contributed by atoms with Crippen molar-refractivity contribution < 1.29 is 18.0 Å². The Morgan fingerprint density at radius 2 is 2.00 bits per heavy atom. The molecule has 1 aromatic carbocycles. The number of hydrogen-bond donors (Lipinski definition) is 1. The maximum atomic E-state index is 12.9. The van der Waals surface area contributed by atoms with E-state index in [4.69, 9.17) is 11.6 Å². The number of halogens is 4. The van der Waals surface area contributed by atoms with Crippen LogP contribution in [0.25, 0.3) is 5.78 Å². The monoisotopic (exact) mass is 425 g/mol. The molecule has 0 saturated heterocycles. The number of nitrogens with zero attached hydrogens (tertiary/aromatic N) is 4. The van der Waals surface area contributed by atoms with Gasteiger partial charge < -0.3 is 5.32 Å². The van der Waals surface area contributed by atoms with E-state index in [1.54, 1.807) is 32.0 Å². The van der Waals surface area contributed by atoms with Crippen LogP contribution in [-0.2, 0) is 17.4 Å². The van der Waals surface area contributed by atoms with E-state index in [-0.39, 0.29) is 24.1 Å². The summed E-state index contributed by atoms with van der Waals surface area (Å²) in [5.74, 6) is -1.54. The summed E-state index contributed by atoms with van der Waals surface area (Å²) in [5.41, 5.74) is 2.54. The minimum absolute atomic E-state index is 0.116. The zero-order chi connectivity index (χ0) is 21.3. The lowest BCUT2D eigenvalue weighted by atomic mass is 10.1. The summed E-state index contributed by atoms with van der Waals surface area (Å²) in [6, 6.07) is 6.98. The number of alkyl halides is 3. The van der Waals surface area contributed by atoms with Crippen molar-refractivity contribution in [2.45, 2.75) is 45.8 Å². The van der Waals surface area contributed by atoms with Crippen LogP contribution in [0.1, 0.15) is 47.7 Å². The Labute approximate surface area is 170 Å². The van der Waals surface area contributed by atoms with Gasteiger partial charge in [0, 0.05) is 22.8 Å². The summed E-state index contributed by atoms with van der Waals surface area (Å²) in [4.78, 5) is 19.9. The quantitative estimate of drug-likeness (QED) is 0.664. The molecular weight excluding hydrogens is 407 g/mol. The average molecular weight is 426 g/mol. The van der Waals surface area contributed by atoms with Crippen molar-refractivity contribution in [3.05, 3.63) is 57.6 Å². The van der Waals surface area contributed by atoms with Crippen LogP contribution < -0.4 is 5.32 Å². The number of aryl methyl sites for hydroxylation is 2. The molecule has 0 unspecified atom stereocenters. The molecule has 3 aromatic rings. The van der Waals surface area contributed by atoms with E-state index in [0.29, 0.717) is 28.4 Å². The molecule has 29 heavy (non-hydrogen) atoms. The first kappa shape index (κ1) is 21.0. The Morgan fingerprint density at radius 1 is 1.28 bits per heavy atom. The molecular formula is C19H19ClF3N5O. The molecule has 0 fully saturated rings. The number of nitrogens with one attached hydrogen (secondary N) is 1. The fourth-order valence-electron chi connectivity index (χ4n) is 3.10. The highest BCUT2D eigenvalue weighted by Crippen LogP contribution is 2.27. The molecule has 6 nitrogen and oxygen atoms in total. The zero-order valence-electron chi connectivity index (χ0n) is 16.0. The number of carbonyl (C=O) groups excluding carboxylic acids is 1. The van der Waals surface area contributed by atoms with E-state index >= 15 is 0 Å². The fourth-order valence-corrected chi connectivity index (χ4v) is 3.30. The molecule has 2 heterocycles. The third kappa shape index (κ3) is 4.67. The zero-order valence-corrected chi connectivity index (χ0v) is 16.8. The first-order valence-electron chi connectivity index (χ1n) is 8.91. The van der Waals surface area contributed by atoms with Gasteiger partial charge in [0.1, 0.15) is 0 Å². The first-order valence-corrected chi connectivity index (χ1v) is 9.29. The van der Waals surface area contributed by atoms with E-state index in [1.165, 1.54) is 0 Å². The van der Waals surface area contributed by atoms with Crippen molar-refractivity contribution in [2.24, 2.45) is 0 Å². The molecule has 0 radical (unpaired) electrons. The standard InChI is InChI=1S/C19H19ClF3N5O/c1-10(13-5-4-6-14(20)9-13)24-16(29)8-7-15-11(2)25-18-26-17(19(21,22)23)27-28(18)12(15)3/h4-6,9-10H,7-8H2,1-3H3,(H,24,29)/t10-/m0/s1. The lowest BCUT2D eigenvalue weighted by Gasteiger charge is -2.15. The average Bonchev–Trinajstić information content (AvgIpc) is 3.06. The summed E-state index contributed by atoms with van der Waals surface area (Å²) in [7, 11) is 0. The predicted molar refractivity (Wildman–Crippen MR) is 102 cm³/mol. The SMILES string of the molecule is Cc1nc2nc(C(F)(F)F)nn2c(C)c1CCC(=O)N[C@@H](C)c1cccc(Cl)c1. The Balaban J connectivity index is 1.73. The van der Waals surface area contributed by atoms with Gasteiger partial charge in [-0.2, -0.15) is 18.2 Å². The molecule has 0 aliphatic heterocycles. The van der Waals surface area contributed by atoms with Crippen molar-refractivity contribution in [3.63, 3.8) is 0 Å². The van der Waals surface area contributed by atoms with E-state index in [9.17, 15) is 18.0 Å². The third-order valence-electron chi connectivity index (χ3n) is 4.63. The highest BCUT2D eigenvalue weighted by atomic mass is 35.5. The van der Waals surface area contributed by atoms with Gasteiger partial charge in [0.05, 0.1) is 6.04 Å². The second-order valence-corrected chi connectivity index (χ2v) is 7.19. The van der Waals surface area contributed by atoms with Crippen molar-refractivity contribution in [3.8, 4) is 0 Å². The summed E-state index contributed by atoms with van der Waals surface area (Å²) < 4.78 is 39.7. The van der Waals surface area contributed by atoms with Gasteiger partial charge in [-0.25, -0.2) is 9.50 Å². The van der Waals surface area contributed by atoms with Crippen LogP contribution in [0, 0.1) is 13.8 Å². The van der Waals surface area contributed by atoms with Crippen LogP contribution in [0.2, 0.25) is 5.02 Å². The predicted octanol–water partition coefficient (Wildman–Crippen LogP) is 4.22. The van der Waals surface area contributed by atoms with Gasteiger partial charge in [0.2, 0.25) is 5.91 Å². The van der Waals surface area contributed by atoms with Gasteiger partial charge in [-0.05, 0) is 50.5 Å². The van der Waals surface area contributed by atoms with Crippen LogP contribution in [-0.4, -0.2) is 25.5 Å². The number of rotatable bonds is 5. The summed E-state index contributed by atoms with van der Waals surface area (Å²) in [6.45, 7) is 5.16. The molecule has 154 valence electrons. The minimum Gasteiger partial charge on any atom is -0.350 e. The number of carbonyl (C=O) groups is 1. The highest BCUT2D eigenvalue weighted by Gasteiger charge is 2.37. The Bertz CT molecular complexity index is 1060. The largest absolute Gasteiger partial charge is 0.453 e. The second-order valence-electron chi connectivity index (χ2n) is 6.75. The lowest BCUT2D eigenvalue weighted by molar-refractivity contribution is -0.144. The Morgan fingerprint density at radius 3 is 2.66 bits per heavy atom. The van der Waals surface area contributed by atoms with Crippen LogP contribution in [0.15, 0.2) is 24.3 Å². The van der Waals surface area contributed by atoms with Gasteiger partial charge in [0.25, 0.3) is 11.6 Å². The number of fused-ring (bicyclic) bond motifs is 1. The van der Waals surface area contributed by atoms with Gasteiger partial charge in [-0.15, -0.1) is 5.10 Å². The van der Waals surface area contributed by atoms with Crippen molar-refractivity contribution in [2.75, 3.05) is 0 Å². The summed E-state index contributed by atoms with van der Waals surface area (Å²) >= 11 is 5.98. The molecule has 0 bridgehead atoms. The second kappa shape index (κ2) is 7.98. The van der Waals surface area contributed by atoms with Crippen molar-refractivity contribution >= 4 is 23.3 Å². The molecule has 0 aliphatic rings. The maximum Gasteiger partial charge on any atom is 0.453 e. The molecule has 0 aliphatic carbocycles. The first-order chi connectivity index (χ1) is 13.6.